The molecular formula is C25H24ClN7O2. The Bertz CT molecular complexity index is 1310. The normalized spacial score (nSPS) is 21.5. The van der Waals surface area contributed by atoms with E-state index in [-0.39, 0.29) is 29.7 Å². The van der Waals surface area contributed by atoms with E-state index in [1.54, 1.807) is 40.3 Å². The highest BCUT2D eigenvalue weighted by Crippen LogP contribution is 2.39. The molecule has 3 heterocycles. The lowest BCUT2D eigenvalue weighted by Gasteiger charge is -2.36. The van der Waals surface area contributed by atoms with Gasteiger partial charge in [0.2, 0.25) is 11.9 Å². The predicted molar refractivity (Wildman–Crippen MR) is 129 cm³/mol. The quantitative estimate of drug-likeness (QED) is 0.567. The van der Waals surface area contributed by atoms with Crippen LogP contribution in [0.1, 0.15) is 59.2 Å². The molecule has 2 fully saturated rings. The Morgan fingerprint density at radius 3 is 2.71 bits per heavy atom. The summed E-state index contributed by atoms with van der Waals surface area (Å²) in [6, 6.07) is 7.55. The maximum absolute atomic E-state index is 12.7. The van der Waals surface area contributed by atoms with E-state index < -0.39 is 0 Å². The molecule has 1 aliphatic carbocycles. The highest BCUT2D eigenvalue weighted by molar-refractivity contribution is 6.30. The van der Waals surface area contributed by atoms with Crippen molar-refractivity contribution in [3.05, 3.63) is 70.3 Å². The number of carbonyl (C=O) groups excluding carboxylic acids is 2. The Balaban J connectivity index is 1.15. The molecule has 1 aromatic carbocycles. The number of rotatable bonds is 6. The molecule has 1 aliphatic heterocycles. The molecule has 1 saturated heterocycles. The number of nitriles is 1. The first kappa shape index (κ1) is 23.0. The van der Waals surface area contributed by atoms with Crippen molar-refractivity contribution in [1.82, 2.24) is 25.1 Å². The summed E-state index contributed by atoms with van der Waals surface area (Å²) in [6.07, 6.45) is 8.92. The second-order valence-corrected chi connectivity index (χ2v) is 9.62. The molecular weight excluding hydrogens is 466 g/mol. The van der Waals surface area contributed by atoms with Crippen molar-refractivity contribution >= 4 is 29.4 Å². The summed E-state index contributed by atoms with van der Waals surface area (Å²) in [7, 11) is 0. The van der Waals surface area contributed by atoms with E-state index in [9.17, 15) is 14.9 Å². The maximum Gasteiger partial charge on any atom is 0.254 e. The van der Waals surface area contributed by atoms with Crippen molar-refractivity contribution in [2.75, 3.05) is 11.4 Å². The number of nitrogens with one attached hydrogen (secondary N) is 1. The van der Waals surface area contributed by atoms with Crippen molar-refractivity contribution in [1.29, 1.82) is 5.26 Å². The second-order valence-electron chi connectivity index (χ2n) is 9.18. The molecule has 1 unspecified atom stereocenters. The van der Waals surface area contributed by atoms with Crippen molar-refractivity contribution < 1.29 is 9.59 Å². The first-order valence-electron chi connectivity index (χ1n) is 11.6. The largest absolute Gasteiger partial charge is 0.349 e. The molecule has 0 radical (unpaired) electrons. The molecule has 2 aliphatic rings. The topological polar surface area (TPSA) is 117 Å². The van der Waals surface area contributed by atoms with Crippen molar-refractivity contribution in [3.63, 3.8) is 0 Å². The number of aromatic nitrogens is 4. The van der Waals surface area contributed by atoms with Crippen LogP contribution >= 0.6 is 11.6 Å². The summed E-state index contributed by atoms with van der Waals surface area (Å²) in [5.74, 6) is 0.501. The fourth-order valence-electron chi connectivity index (χ4n) is 4.58. The molecule has 1 saturated carbocycles. The standard InChI is InChI=1S/C25H24ClN7O2/c1-15-4-5-33(24(15)35)25-28-10-16(11-29-25)13-32-14-19(12-30-32)23(34)31-21-6-18(7-21)22-8-20(26)3-2-17(22)9-27/h2-3,8,10-12,14-15,18,21H,4-7,13H2,1H3,(H,31,34). The van der Waals surface area contributed by atoms with Crippen LogP contribution in [-0.4, -0.2) is 44.1 Å². The zero-order valence-corrected chi connectivity index (χ0v) is 19.9. The number of halogens is 1. The molecule has 2 aromatic heterocycles. The summed E-state index contributed by atoms with van der Waals surface area (Å²) >= 11 is 6.10. The van der Waals surface area contributed by atoms with Gasteiger partial charge in [0.25, 0.3) is 5.91 Å². The maximum atomic E-state index is 12.7. The first-order chi connectivity index (χ1) is 16.9. The zero-order valence-electron chi connectivity index (χ0n) is 19.2. The number of nitrogens with zero attached hydrogens (tertiary/aromatic N) is 6. The molecule has 0 bridgehead atoms. The molecule has 178 valence electrons. The van der Waals surface area contributed by atoms with E-state index in [0.29, 0.717) is 35.2 Å². The van der Waals surface area contributed by atoms with Crippen LogP contribution in [0.5, 0.6) is 0 Å². The van der Waals surface area contributed by atoms with Crippen LogP contribution in [-0.2, 0) is 11.3 Å². The van der Waals surface area contributed by atoms with Gasteiger partial charge in [-0.1, -0.05) is 18.5 Å². The van der Waals surface area contributed by atoms with Gasteiger partial charge in [-0.05, 0) is 48.9 Å². The minimum absolute atomic E-state index is 0.00426. The molecule has 35 heavy (non-hydrogen) atoms. The van der Waals surface area contributed by atoms with Crippen LogP contribution in [0.25, 0.3) is 0 Å². The van der Waals surface area contributed by atoms with E-state index >= 15 is 0 Å². The van der Waals surface area contributed by atoms with Crippen LogP contribution in [0.4, 0.5) is 5.95 Å². The van der Waals surface area contributed by atoms with Gasteiger partial charge in [-0.3, -0.25) is 19.2 Å². The van der Waals surface area contributed by atoms with Gasteiger partial charge in [-0.25, -0.2) is 9.97 Å². The van der Waals surface area contributed by atoms with Crippen molar-refractivity contribution in [2.45, 2.75) is 44.7 Å². The number of anilines is 1. The second kappa shape index (κ2) is 9.47. The summed E-state index contributed by atoms with van der Waals surface area (Å²) in [5, 5.41) is 17.3. The molecule has 1 atom stereocenters. The molecule has 3 aromatic rings. The van der Waals surface area contributed by atoms with E-state index in [2.05, 4.69) is 26.5 Å². The van der Waals surface area contributed by atoms with Gasteiger partial charge in [0.05, 0.1) is 29.9 Å². The van der Waals surface area contributed by atoms with E-state index in [1.165, 1.54) is 6.20 Å². The smallest absolute Gasteiger partial charge is 0.254 e. The lowest BCUT2D eigenvalue weighted by molar-refractivity contribution is -0.119. The minimum atomic E-state index is -0.181. The summed E-state index contributed by atoms with van der Waals surface area (Å²) in [5.41, 5.74) is 2.86. The van der Waals surface area contributed by atoms with Crippen LogP contribution in [0.2, 0.25) is 5.02 Å². The van der Waals surface area contributed by atoms with Crippen LogP contribution in [0.3, 0.4) is 0 Å². The van der Waals surface area contributed by atoms with Crippen molar-refractivity contribution in [3.8, 4) is 6.07 Å². The van der Waals surface area contributed by atoms with Gasteiger partial charge >= 0.3 is 0 Å². The summed E-state index contributed by atoms with van der Waals surface area (Å²) in [4.78, 5) is 35.1. The van der Waals surface area contributed by atoms with Gasteiger partial charge in [-0.15, -0.1) is 0 Å². The Hall–Kier alpha value is -3.77. The lowest BCUT2D eigenvalue weighted by atomic mass is 9.74. The minimum Gasteiger partial charge on any atom is -0.349 e. The molecule has 10 heteroatoms. The highest BCUT2D eigenvalue weighted by Gasteiger charge is 2.33. The number of amides is 2. The molecule has 9 nitrogen and oxygen atoms in total. The molecule has 2 amide bonds. The Labute approximate surface area is 207 Å². The highest BCUT2D eigenvalue weighted by atomic mass is 35.5. The van der Waals surface area contributed by atoms with E-state index in [1.807, 2.05) is 13.0 Å². The third kappa shape index (κ3) is 4.75. The fourth-order valence-corrected chi connectivity index (χ4v) is 4.76. The van der Waals surface area contributed by atoms with E-state index in [0.717, 1.165) is 30.4 Å². The third-order valence-electron chi connectivity index (χ3n) is 6.69. The number of hydrogen-bond acceptors (Lipinski definition) is 6. The Morgan fingerprint density at radius 2 is 2.03 bits per heavy atom. The third-order valence-corrected chi connectivity index (χ3v) is 6.93. The van der Waals surface area contributed by atoms with Gasteiger partial charge in [-0.2, -0.15) is 10.4 Å². The first-order valence-corrected chi connectivity index (χ1v) is 11.9. The van der Waals surface area contributed by atoms with Crippen LogP contribution < -0.4 is 10.2 Å². The SMILES string of the molecule is CC1CCN(c2ncc(Cn3cc(C(=O)NC4CC(c5cc(Cl)ccc5C#N)C4)cn3)cn2)C1=O. The predicted octanol–water partition coefficient (Wildman–Crippen LogP) is 3.30. The lowest BCUT2D eigenvalue weighted by Crippen LogP contribution is -2.43. The summed E-state index contributed by atoms with van der Waals surface area (Å²) in [6.45, 7) is 2.96. The van der Waals surface area contributed by atoms with Gasteiger partial charge in [0, 0.05) is 47.7 Å². The average Bonchev–Trinajstić information content (AvgIpc) is 3.43. The van der Waals surface area contributed by atoms with Gasteiger partial charge in [0.1, 0.15) is 0 Å². The fraction of sp³-hybridized carbons (Fsp3) is 0.360. The number of hydrogen-bond donors (Lipinski definition) is 1. The van der Waals surface area contributed by atoms with Gasteiger partial charge in [0.15, 0.2) is 0 Å². The summed E-state index contributed by atoms with van der Waals surface area (Å²) < 4.78 is 1.66. The Kier molecular flexibility index (Phi) is 6.22. The molecule has 5 rings (SSSR count). The molecule has 0 spiro atoms. The number of benzene rings is 1. The van der Waals surface area contributed by atoms with Crippen LogP contribution in [0.15, 0.2) is 43.0 Å². The van der Waals surface area contributed by atoms with E-state index in [4.69, 9.17) is 11.6 Å². The average molecular weight is 490 g/mol. The van der Waals surface area contributed by atoms with Crippen molar-refractivity contribution in [2.24, 2.45) is 5.92 Å². The monoisotopic (exact) mass is 489 g/mol. The molecule has 1 N–H and O–H groups in total. The zero-order chi connectivity index (χ0) is 24.5. The van der Waals surface area contributed by atoms with Crippen LogP contribution in [0, 0.1) is 17.2 Å². The van der Waals surface area contributed by atoms with Gasteiger partial charge < -0.3 is 5.32 Å². The number of carbonyl (C=O) groups is 2. The Morgan fingerprint density at radius 1 is 1.26 bits per heavy atom.